The molecule has 3 aromatic rings. The summed E-state index contributed by atoms with van der Waals surface area (Å²) in [6.07, 6.45) is 0.270. The summed E-state index contributed by atoms with van der Waals surface area (Å²) in [6.45, 7) is 8.03. The molecule has 0 aliphatic carbocycles. The topological polar surface area (TPSA) is 87.2 Å². The molecule has 7 nitrogen and oxygen atoms in total. The SMILES string of the molecule is Cc1ccc(N(CCC#N)C(=O)C(C)Sc2nc3nc(C)cc(C)n3n2)cc1. The van der Waals surface area contributed by atoms with Gasteiger partial charge in [-0.05, 0) is 45.9 Å². The number of carbonyl (C=O) groups is 1. The van der Waals surface area contributed by atoms with E-state index in [0.29, 0.717) is 17.5 Å². The first-order valence-electron chi connectivity index (χ1n) is 9.01. The van der Waals surface area contributed by atoms with E-state index in [4.69, 9.17) is 5.26 Å². The van der Waals surface area contributed by atoms with Crippen LogP contribution in [0, 0.1) is 32.1 Å². The average Bonchev–Trinajstić information content (AvgIpc) is 3.05. The van der Waals surface area contributed by atoms with Gasteiger partial charge in [0.2, 0.25) is 11.1 Å². The molecule has 0 aliphatic heterocycles. The number of amides is 1. The van der Waals surface area contributed by atoms with Crippen LogP contribution in [0.15, 0.2) is 35.5 Å². The van der Waals surface area contributed by atoms with Crippen molar-refractivity contribution in [1.29, 1.82) is 5.26 Å². The van der Waals surface area contributed by atoms with E-state index < -0.39 is 5.25 Å². The molecule has 2 heterocycles. The van der Waals surface area contributed by atoms with Crippen LogP contribution in [-0.2, 0) is 4.79 Å². The van der Waals surface area contributed by atoms with Gasteiger partial charge in [0.15, 0.2) is 0 Å². The van der Waals surface area contributed by atoms with Crippen molar-refractivity contribution >= 4 is 29.1 Å². The molecule has 0 N–H and O–H groups in total. The zero-order chi connectivity index (χ0) is 20.3. The van der Waals surface area contributed by atoms with Crippen LogP contribution < -0.4 is 4.90 Å². The van der Waals surface area contributed by atoms with Crippen molar-refractivity contribution in [3.8, 4) is 6.07 Å². The molecule has 1 atom stereocenters. The van der Waals surface area contributed by atoms with Gasteiger partial charge in [0.25, 0.3) is 5.78 Å². The molecule has 1 aromatic carbocycles. The number of fused-ring (bicyclic) bond motifs is 1. The number of nitriles is 1. The van der Waals surface area contributed by atoms with Crippen LogP contribution in [0.25, 0.3) is 5.78 Å². The van der Waals surface area contributed by atoms with E-state index in [0.717, 1.165) is 22.6 Å². The van der Waals surface area contributed by atoms with Crippen LogP contribution in [0.5, 0.6) is 0 Å². The smallest absolute Gasteiger partial charge is 0.253 e. The first-order chi connectivity index (χ1) is 13.4. The number of anilines is 1. The highest BCUT2D eigenvalue weighted by Crippen LogP contribution is 2.25. The predicted octanol–water partition coefficient (Wildman–Crippen LogP) is 3.48. The lowest BCUT2D eigenvalue weighted by Crippen LogP contribution is -2.37. The maximum absolute atomic E-state index is 13.1. The summed E-state index contributed by atoms with van der Waals surface area (Å²) in [5.41, 5.74) is 3.72. The second-order valence-corrected chi connectivity index (χ2v) is 7.95. The van der Waals surface area contributed by atoms with Crippen LogP contribution in [-0.4, -0.2) is 37.3 Å². The Bertz CT molecular complexity index is 1040. The fourth-order valence-corrected chi connectivity index (χ4v) is 3.69. The molecule has 1 amide bonds. The van der Waals surface area contributed by atoms with E-state index in [9.17, 15) is 4.79 Å². The lowest BCUT2D eigenvalue weighted by Gasteiger charge is -2.24. The average molecular weight is 395 g/mol. The number of hydrogen-bond acceptors (Lipinski definition) is 6. The Kier molecular flexibility index (Phi) is 5.95. The molecule has 8 heteroatoms. The Morgan fingerprint density at radius 2 is 1.96 bits per heavy atom. The lowest BCUT2D eigenvalue weighted by molar-refractivity contribution is -0.117. The third kappa shape index (κ3) is 4.31. The molecule has 0 saturated heterocycles. The molecule has 0 fully saturated rings. The quantitative estimate of drug-likeness (QED) is 0.595. The number of thioether (sulfide) groups is 1. The Morgan fingerprint density at radius 1 is 1.25 bits per heavy atom. The summed E-state index contributed by atoms with van der Waals surface area (Å²) in [7, 11) is 0. The molecule has 0 radical (unpaired) electrons. The van der Waals surface area contributed by atoms with Crippen molar-refractivity contribution < 1.29 is 4.79 Å². The summed E-state index contributed by atoms with van der Waals surface area (Å²) in [6, 6.07) is 11.8. The van der Waals surface area contributed by atoms with Gasteiger partial charge in [0.05, 0.1) is 17.7 Å². The van der Waals surface area contributed by atoms with Crippen LogP contribution in [0.3, 0.4) is 0 Å². The number of aromatic nitrogens is 4. The monoisotopic (exact) mass is 394 g/mol. The highest BCUT2D eigenvalue weighted by atomic mass is 32.2. The Labute approximate surface area is 168 Å². The van der Waals surface area contributed by atoms with Crippen molar-refractivity contribution in [2.45, 2.75) is 44.5 Å². The highest BCUT2D eigenvalue weighted by molar-refractivity contribution is 8.00. The number of rotatable bonds is 6. The molecule has 2 aromatic heterocycles. The number of benzene rings is 1. The van der Waals surface area contributed by atoms with Crippen LogP contribution in [0.4, 0.5) is 5.69 Å². The van der Waals surface area contributed by atoms with Gasteiger partial charge in [-0.2, -0.15) is 10.2 Å². The second-order valence-electron chi connectivity index (χ2n) is 6.64. The van der Waals surface area contributed by atoms with Gasteiger partial charge in [-0.1, -0.05) is 29.5 Å². The minimum absolute atomic E-state index is 0.0798. The Hall–Kier alpha value is -2.92. The van der Waals surface area contributed by atoms with Gasteiger partial charge in [0.1, 0.15) is 0 Å². The summed E-state index contributed by atoms with van der Waals surface area (Å²) >= 11 is 1.29. The molecular formula is C20H22N6OS. The maximum atomic E-state index is 13.1. The first-order valence-corrected chi connectivity index (χ1v) is 9.89. The minimum atomic E-state index is -0.404. The van der Waals surface area contributed by atoms with Gasteiger partial charge < -0.3 is 4.90 Å². The van der Waals surface area contributed by atoms with Crippen molar-refractivity contribution in [2.24, 2.45) is 0 Å². The van der Waals surface area contributed by atoms with E-state index in [2.05, 4.69) is 21.1 Å². The van der Waals surface area contributed by atoms with Crippen LogP contribution in [0.1, 0.15) is 30.3 Å². The van der Waals surface area contributed by atoms with Crippen molar-refractivity contribution in [2.75, 3.05) is 11.4 Å². The van der Waals surface area contributed by atoms with Gasteiger partial charge in [-0.3, -0.25) is 4.79 Å². The van der Waals surface area contributed by atoms with Crippen molar-refractivity contribution in [3.05, 3.63) is 47.3 Å². The second kappa shape index (κ2) is 8.40. The summed E-state index contributed by atoms with van der Waals surface area (Å²) in [5.74, 6) is 0.448. The largest absolute Gasteiger partial charge is 0.310 e. The predicted molar refractivity (Wildman–Crippen MR) is 109 cm³/mol. The molecular weight excluding hydrogens is 372 g/mol. The van der Waals surface area contributed by atoms with Gasteiger partial charge in [-0.15, -0.1) is 5.10 Å². The fraction of sp³-hybridized carbons (Fsp3) is 0.350. The summed E-state index contributed by atoms with van der Waals surface area (Å²) in [5, 5.41) is 13.5. The standard InChI is InChI=1S/C20H22N6OS/c1-13-6-8-17(9-7-13)25(11-5-10-21)18(27)16(4)28-20-23-19-22-14(2)12-15(3)26(19)24-20/h6-9,12,16H,5,11H2,1-4H3. The molecule has 0 aliphatic rings. The molecule has 1 unspecified atom stereocenters. The molecule has 0 saturated carbocycles. The van der Waals surface area contributed by atoms with E-state index in [1.54, 1.807) is 9.42 Å². The minimum Gasteiger partial charge on any atom is -0.310 e. The number of nitrogens with zero attached hydrogens (tertiary/aromatic N) is 6. The fourth-order valence-electron chi connectivity index (χ4n) is 2.88. The van der Waals surface area contributed by atoms with E-state index >= 15 is 0 Å². The third-order valence-electron chi connectivity index (χ3n) is 4.29. The summed E-state index contributed by atoms with van der Waals surface area (Å²) in [4.78, 5) is 23.6. The summed E-state index contributed by atoms with van der Waals surface area (Å²) < 4.78 is 1.68. The van der Waals surface area contributed by atoms with Crippen molar-refractivity contribution in [3.63, 3.8) is 0 Å². The molecule has 0 bridgehead atoms. The molecule has 144 valence electrons. The Balaban J connectivity index is 1.82. The van der Waals surface area contributed by atoms with Crippen LogP contribution >= 0.6 is 11.8 Å². The van der Waals surface area contributed by atoms with Gasteiger partial charge >= 0.3 is 0 Å². The normalized spacial score (nSPS) is 12.0. The first kappa shape index (κ1) is 19.8. The van der Waals surface area contributed by atoms with Gasteiger partial charge in [-0.25, -0.2) is 9.50 Å². The molecule has 0 spiro atoms. The Morgan fingerprint density at radius 3 is 2.64 bits per heavy atom. The number of hydrogen-bond donors (Lipinski definition) is 0. The van der Waals surface area contributed by atoms with Crippen LogP contribution in [0.2, 0.25) is 0 Å². The molecule has 28 heavy (non-hydrogen) atoms. The number of aryl methyl sites for hydroxylation is 3. The van der Waals surface area contributed by atoms with Gasteiger partial charge in [0, 0.05) is 23.6 Å². The number of carbonyl (C=O) groups excluding carboxylic acids is 1. The lowest BCUT2D eigenvalue weighted by atomic mass is 10.2. The zero-order valence-electron chi connectivity index (χ0n) is 16.4. The zero-order valence-corrected chi connectivity index (χ0v) is 17.2. The van der Waals surface area contributed by atoms with Crippen molar-refractivity contribution in [1.82, 2.24) is 19.6 Å². The maximum Gasteiger partial charge on any atom is 0.253 e. The van der Waals surface area contributed by atoms with E-state index in [1.165, 1.54) is 11.8 Å². The molecule has 3 rings (SSSR count). The third-order valence-corrected chi connectivity index (χ3v) is 5.23. The van der Waals surface area contributed by atoms with E-state index in [-0.39, 0.29) is 12.3 Å². The van der Waals surface area contributed by atoms with E-state index in [1.807, 2.05) is 58.0 Å². The highest BCUT2D eigenvalue weighted by Gasteiger charge is 2.24.